The summed E-state index contributed by atoms with van der Waals surface area (Å²) in [5.74, 6) is 0. The lowest BCUT2D eigenvalue weighted by Crippen LogP contribution is -2.33. The zero-order valence-corrected chi connectivity index (χ0v) is 36.8. The van der Waals surface area contributed by atoms with Crippen molar-refractivity contribution < 1.29 is 0 Å². The van der Waals surface area contributed by atoms with Gasteiger partial charge in [-0.3, -0.25) is 0 Å². The molecule has 2 heteroatoms. The molecule has 0 radical (unpaired) electrons. The molecule has 0 unspecified atom stereocenters. The Hall–Kier alpha value is -8.20. The molecule has 1 aliphatic heterocycles. The molecule has 2 aliphatic carbocycles. The van der Waals surface area contributed by atoms with Crippen LogP contribution in [0.3, 0.4) is 0 Å². The van der Waals surface area contributed by atoms with Crippen molar-refractivity contribution in [2.45, 2.75) is 24.7 Å². The van der Waals surface area contributed by atoms with E-state index in [1.165, 1.54) is 105 Å². The van der Waals surface area contributed by atoms with Crippen molar-refractivity contribution in [3.63, 3.8) is 0 Å². The third-order valence-electron chi connectivity index (χ3n) is 15.2. The van der Waals surface area contributed by atoms with Crippen LogP contribution >= 0.6 is 0 Å². The van der Waals surface area contributed by atoms with E-state index in [0.717, 1.165) is 17.1 Å². The van der Waals surface area contributed by atoms with Crippen LogP contribution in [0.15, 0.2) is 231 Å². The molecule has 2 nitrogen and oxygen atoms in total. The lowest BCUT2D eigenvalue weighted by Gasteiger charge is -2.40. The van der Waals surface area contributed by atoms with Gasteiger partial charge in [0.2, 0.25) is 0 Å². The van der Waals surface area contributed by atoms with Gasteiger partial charge in [0.15, 0.2) is 0 Å². The van der Waals surface area contributed by atoms with Crippen LogP contribution in [0.5, 0.6) is 0 Å². The average molecular weight is 841 g/mol. The largest absolute Gasteiger partial charge is 0.310 e. The van der Waals surface area contributed by atoms with E-state index in [1.54, 1.807) is 0 Å². The summed E-state index contributed by atoms with van der Waals surface area (Å²) in [6, 6.07) is 86.4. The van der Waals surface area contributed by atoms with Crippen LogP contribution < -0.4 is 4.90 Å². The van der Waals surface area contributed by atoms with Crippen molar-refractivity contribution in [1.82, 2.24) is 4.57 Å². The summed E-state index contributed by atoms with van der Waals surface area (Å²) in [5.41, 5.74) is 24.3. The van der Waals surface area contributed by atoms with E-state index in [1.807, 2.05) is 0 Å². The molecule has 10 aromatic carbocycles. The summed E-state index contributed by atoms with van der Waals surface area (Å²) in [5, 5.41) is 2.56. The van der Waals surface area contributed by atoms with Crippen LogP contribution in [0.1, 0.15) is 47.2 Å². The fraction of sp³-hybridized carbons (Fsp3) is 0.0625. The summed E-state index contributed by atoms with van der Waals surface area (Å²) in [6.07, 6.45) is 0. The molecule has 0 bridgehead atoms. The van der Waals surface area contributed by atoms with E-state index in [4.69, 9.17) is 0 Å². The lowest BCUT2D eigenvalue weighted by atomic mass is 9.65. The van der Waals surface area contributed by atoms with E-state index in [2.05, 4.69) is 254 Å². The van der Waals surface area contributed by atoms with E-state index in [9.17, 15) is 0 Å². The molecule has 3 aliphatic rings. The van der Waals surface area contributed by atoms with Crippen molar-refractivity contribution in [2.24, 2.45) is 0 Å². The predicted octanol–water partition coefficient (Wildman–Crippen LogP) is 16.6. The summed E-state index contributed by atoms with van der Waals surface area (Å²) < 4.78 is 2.55. The second-order valence-electron chi connectivity index (χ2n) is 18.8. The molecular weight excluding hydrogens is 797 g/mol. The minimum absolute atomic E-state index is 0.172. The normalized spacial score (nSPS) is 14.2. The first-order valence-corrected chi connectivity index (χ1v) is 23.2. The quantitative estimate of drug-likeness (QED) is 0.168. The van der Waals surface area contributed by atoms with Gasteiger partial charge < -0.3 is 9.47 Å². The van der Waals surface area contributed by atoms with Crippen molar-refractivity contribution in [3.05, 3.63) is 264 Å². The zero-order valence-electron chi connectivity index (χ0n) is 36.8. The standard InChI is InChI=1S/C64H44N2/c1-63(2)53-29-13-8-23-46(53)49-37-35-42(39-57(49)63)65(59-33-16-11-26-50(59)45-22-7-6-21-44(45)41-19-4-3-5-20-41)43-36-38-61-58(40-43)64(54-30-14-9-24-47(54)48-25-10-15-31-55(48)64)56-32-18-28-52-51-27-12-17-34-60(51)66(61)62(52)56/h3-40H,1-2H3. The van der Waals surface area contributed by atoms with Gasteiger partial charge in [-0.2, -0.15) is 0 Å². The molecule has 1 aromatic heterocycles. The molecule has 14 rings (SSSR count). The lowest BCUT2D eigenvalue weighted by molar-refractivity contribution is 0.660. The second-order valence-corrected chi connectivity index (χ2v) is 18.8. The van der Waals surface area contributed by atoms with Gasteiger partial charge in [-0.15, -0.1) is 0 Å². The predicted molar refractivity (Wildman–Crippen MR) is 275 cm³/mol. The number of hydrogen-bond acceptors (Lipinski definition) is 1. The number of para-hydroxylation sites is 3. The van der Waals surface area contributed by atoms with Gasteiger partial charge in [0.1, 0.15) is 0 Å². The summed E-state index contributed by atoms with van der Waals surface area (Å²) in [6.45, 7) is 4.76. The third kappa shape index (κ3) is 4.85. The topological polar surface area (TPSA) is 8.17 Å². The first-order chi connectivity index (χ1) is 32.5. The van der Waals surface area contributed by atoms with E-state index in [0.29, 0.717) is 0 Å². The van der Waals surface area contributed by atoms with Gasteiger partial charge in [-0.1, -0.05) is 202 Å². The van der Waals surface area contributed by atoms with Crippen LogP contribution in [0.2, 0.25) is 0 Å². The molecule has 0 atom stereocenters. The molecule has 0 saturated carbocycles. The highest BCUT2D eigenvalue weighted by molar-refractivity contribution is 6.13. The van der Waals surface area contributed by atoms with Gasteiger partial charge in [0.25, 0.3) is 0 Å². The molecule has 11 aromatic rings. The Morgan fingerprint density at radius 3 is 1.61 bits per heavy atom. The summed E-state index contributed by atoms with van der Waals surface area (Å²) in [4.78, 5) is 2.54. The fourth-order valence-electron chi connectivity index (χ4n) is 12.4. The number of hydrogen-bond donors (Lipinski definition) is 0. The zero-order chi connectivity index (χ0) is 43.7. The van der Waals surface area contributed by atoms with Gasteiger partial charge in [0.05, 0.1) is 27.8 Å². The first-order valence-electron chi connectivity index (χ1n) is 23.2. The van der Waals surface area contributed by atoms with Crippen LogP contribution in [0.4, 0.5) is 17.1 Å². The molecule has 310 valence electrons. The summed E-state index contributed by atoms with van der Waals surface area (Å²) >= 11 is 0. The first kappa shape index (κ1) is 37.2. The van der Waals surface area contributed by atoms with E-state index < -0.39 is 5.41 Å². The highest BCUT2D eigenvalue weighted by Gasteiger charge is 2.51. The molecule has 1 spiro atoms. The van der Waals surface area contributed by atoms with Gasteiger partial charge in [-0.25, -0.2) is 0 Å². The number of benzene rings is 10. The van der Waals surface area contributed by atoms with E-state index >= 15 is 0 Å². The molecule has 0 saturated heterocycles. The molecule has 0 N–H and O–H groups in total. The Morgan fingerprint density at radius 1 is 0.348 bits per heavy atom. The minimum atomic E-state index is -0.574. The number of rotatable bonds is 5. The Morgan fingerprint density at radius 2 is 0.864 bits per heavy atom. The maximum absolute atomic E-state index is 2.55. The van der Waals surface area contributed by atoms with Crippen molar-refractivity contribution in [2.75, 3.05) is 4.90 Å². The average Bonchev–Trinajstić information content (AvgIpc) is 3.96. The van der Waals surface area contributed by atoms with Crippen molar-refractivity contribution in [3.8, 4) is 50.2 Å². The molecule has 0 amide bonds. The van der Waals surface area contributed by atoms with Gasteiger partial charge in [0, 0.05) is 33.1 Å². The SMILES string of the molecule is CC1(C)c2ccccc2-c2ccc(N(c3ccc4c(c3)C3(c5ccccc5-c5ccccc53)c3cccc5c6ccccc6n-4c35)c3ccccc3-c3ccccc3-c3ccccc3)cc21. The molecule has 66 heavy (non-hydrogen) atoms. The number of anilines is 3. The third-order valence-corrected chi connectivity index (χ3v) is 15.2. The smallest absolute Gasteiger partial charge is 0.0755 e. The monoisotopic (exact) mass is 840 g/mol. The molecule has 0 fully saturated rings. The minimum Gasteiger partial charge on any atom is -0.310 e. The van der Waals surface area contributed by atoms with Crippen molar-refractivity contribution in [1.29, 1.82) is 0 Å². The molecular formula is C64H44N2. The number of nitrogens with zero attached hydrogens (tertiary/aromatic N) is 2. The van der Waals surface area contributed by atoms with E-state index in [-0.39, 0.29) is 5.41 Å². The maximum Gasteiger partial charge on any atom is 0.0755 e. The maximum atomic E-state index is 2.55. The Balaban J connectivity index is 1.09. The molecule has 2 heterocycles. The number of aromatic nitrogens is 1. The fourth-order valence-corrected chi connectivity index (χ4v) is 12.4. The van der Waals surface area contributed by atoms with Crippen LogP contribution in [0.25, 0.3) is 72.0 Å². The van der Waals surface area contributed by atoms with Gasteiger partial charge >= 0.3 is 0 Å². The van der Waals surface area contributed by atoms with Crippen LogP contribution in [-0.4, -0.2) is 4.57 Å². The second kappa shape index (κ2) is 13.7. The Labute approximate surface area is 385 Å². The highest BCUT2D eigenvalue weighted by Crippen LogP contribution is 2.62. The Kier molecular flexibility index (Phi) is 7.70. The Bertz CT molecular complexity index is 3760. The number of fused-ring (bicyclic) bond motifs is 15. The van der Waals surface area contributed by atoms with Crippen LogP contribution in [-0.2, 0) is 10.8 Å². The highest BCUT2D eigenvalue weighted by atomic mass is 15.1. The summed E-state index contributed by atoms with van der Waals surface area (Å²) in [7, 11) is 0. The van der Waals surface area contributed by atoms with Crippen LogP contribution in [0, 0.1) is 0 Å². The van der Waals surface area contributed by atoms with Crippen molar-refractivity contribution >= 4 is 38.9 Å². The van der Waals surface area contributed by atoms with Gasteiger partial charge in [-0.05, 0) is 115 Å².